The van der Waals surface area contributed by atoms with Crippen molar-refractivity contribution in [1.29, 1.82) is 0 Å². The van der Waals surface area contributed by atoms with Gasteiger partial charge in [0.1, 0.15) is 18.1 Å². The van der Waals surface area contributed by atoms with E-state index < -0.39 is 35.5 Å². The molecule has 0 radical (unpaired) electrons. The average molecular weight is 354 g/mol. The summed E-state index contributed by atoms with van der Waals surface area (Å²) in [5, 5.41) is 9.43. The number of halogens is 2. The summed E-state index contributed by atoms with van der Waals surface area (Å²) in [6, 6.07) is 5.74. The Kier molecular flexibility index (Phi) is 5.07. The standard InChI is InChI=1S/C16H16F2N2O5/c17-10-3-1-9(2-4-10)8-24-12-5-14(25-13(12)7-21)20-6-11(18)15(22)19-16(20)23/h1-4,6,12-14,21H,5,7-8H2,(H,19,22,23)/t12-,13+,14+/m0/s1. The summed E-state index contributed by atoms with van der Waals surface area (Å²) < 4.78 is 38.5. The van der Waals surface area contributed by atoms with Crippen LogP contribution in [0.4, 0.5) is 8.78 Å². The molecule has 0 spiro atoms. The third kappa shape index (κ3) is 3.84. The number of aliphatic hydroxyl groups is 1. The molecule has 0 bridgehead atoms. The lowest BCUT2D eigenvalue weighted by Gasteiger charge is -2.16. The van der Waals surface area contributed by atoms with E-state index in [1.807, 2.05) is 4.98 Å². The van der Waals surface area contributed by atoms with Crippen LogP contribution >= 0.6 is 0 Å². The molecule has 7 nitrogen and oxygen atoms in total. The predicted molar refractivity (Wildman–Crippen MR) is 81.9 cm³/mol. The smallest absolute Gasteiger partial charge is 0.330 e. The fourth-order valence-corrected chi connectivity index (χ4v) is 2.67. The molecule has 2 N–H and O–H groups in total. The number of aliphatic hydroxyl groups excluding tert-OH is 1. The van der Waals surface area contributed by atoms with Crippen LogP contribution in [0.5, 0.6) is 0 Å². The highest BCUT2D eigenvalue weighted by molar-refractivity contribution is 5.15. The normalized spacial score (nSPS) is 23.1. The van der Waals surface area contributed by atoms with Crippen LogP contribution in [0.3, 0.4) is 0 Å². The molecule has 0 amide bonds. The maximum Gasteiger partial charge on any atom is 0.330 e. The molecule has 0 saturated carbocycles. The molecule has 1 saturated heterocycles. The van der Waals surface area contributed by atoms with Crippen LogP contribution in [0.1, 0.15) is 18.2 Å². The Morgan fingerprint density at radius 2 is 2.00 bits per heavy atom. The number of hydrogen-bond acceptors (Lipinski definition) is 5. The number of ether oxygens (including phenoxy) is 2. The van der Waals surface area contributed by atoms with Gasteiger partial charge in [-0.2, -0.15) is 4.39 Å². The quantitative estimate of drug-likeness (QED) is 0.824. The highest BCUT2D eigenvalue weighted by Crippen LogP contribution is 2.30. The molecule has 1 aromatic heterocycles. The van der Waals surface area contributed by atoms with E-state index in [1.54, 1.807) is 12.1 Å². The minimum absolute atomic E-state index is 0.159. The van der Waals surface area contributed by atoms with Gasteiger partial charge < -0.3 is 14.6 Å². The zero-order chi connectivity index (χ0) is 18.0. The summed E-state index contributed by atoms with van der Waals surface area (Å²) in [5.41, 5.74) is -1.19. The molecule has 134 valence electrons. The number of nitrogens with one attached hydrogen (secondary N) is 1. The maximum absolute atomic E-state index is 13.4. The van der Waals surface area contributed by atoms with Crippen molar-refractivity contribution in [3.05, 3.63) is 68.5 Å². The lowest BCUT2D eigenvalue weighted by Crippen LogP contribution is -2.34. The molecule has 2 aromatic rings. The zero-order valence-electron chi connectivity index (χ0n) is 13.0. The summed E-state index contributed by atoms with van der Waals surface area (Å²) in [6.07, 6.45) is -1.20. The van der Waals surface area contributed by atoms with Gasteiger partial charge in [-0.3, -0.25) is 14.3 Å². The number of rotatable bonds is 5. The highest BCUT2D eigenvalue weighted by Gasteiger charge is 2.37. The van der Waals surface area contributed by atoms with Crippen LogP contribution in [0.2, 0.25) is 0 Å². The van der Waals surface area contributed by atoms with Gasteiger partial charge in [0.15, 0.2) is 0 Å². The van der Waals surface area contributed by atoms with Crippen LogP contribution in [0, 0.1) is 11.6 Å². The summed E-state index contributed by atoms with van der Waals surface area (Å²) in [6.45, 7) is -0.197. The van der Waals surface area contributed by atoms with Gasteiger partial charge in [0.25, 0.3) is 5.56 Å². The molecule has 3 rings (SSSR count). The number of H-pyrrole nitrogens is 1. The van der Waals surface area contributed by atoms with Crippen molar-refractivity contribution in [2.24, 2.45) is 0 Å². The van der Waals surface area contributed by atoms with Gasteiger partial charge in [-0.25, -0.2) is 9.18 Å². The van der Waals surface area contributed by atoms with E-state index in [1.165, 1.54) is 12.1 Å². The molecule has 9 heteroatoms. The first-order valence-electron chi connectivity index (χ1n) is 7.61. The summed E-state index contributed by atoms with van der Waals surface area (Å²) in [5.74, 6) is -1.47. The lowest BCUT2D eigenvalue weighted by atomic mass is 10.1. The SMILES string of the molecule is O=c1[nH]c(=O)n([C@H]2C[C@H](OCc3ccc(F)cc3)[C@@H](CO)O2)cc1F. The van der Waals surface area contributed by atoms with Crippen molar-refractivity contribution in [3.63, 3.8) is 0 Å². The minimum atomic E-state index is -1.11. The molecule has 0 unspecified atom stereocenters. The Balaban J connectivity index is 1.72. The van der Waals surface area contributed by atoms with E-state index in [9.17, 15) is 23.5 Å². The van der Waals surface area contributed by atoms with Crippen molar-refractivity contribution < 1.29 is 23.4 Å². The van der Waals surface area contributed by atoms with Crippen molar-refractivity contribution in [1.82, 2.24) is 9.55 Å². The van der Waals surface area contributed by atoms with E-state index in [0.717, 1.165) is 16.3 Å². The largest absolute Gasteiger partial charge is 0.394 e. The van der Waals surface area contributed by atoms with Crippen LogP contribution in [0.15, 0.2) is 40.1 Å². The fourth-order valence-electron chi connectivity index (χ4n) is 2.67. The molecule has 0 aliphatic carbocycles. The van der Waals surface area contributed by atoms with Gasteiger partial charge in [-0.15, -0.1) is 0 Å². The van der Waals surface area contributed by atoms with Gasteiger partial charge in [-0.1, -0.05) is 12.1 Å². The second-order valence-electron chi connectivity index (χ2n) is 5.67. The molecule has 3 atom stereocenters. The monoisotopic (exact) mass is 354 g/mol. The lowest BCUT2D eigenvalue weighted by molar-refractivity contribution is -0.0659. The molecular weight excluding hydrogens is 338 g/mol. The van der Waals surface area contributed by atoms with Gasteiger partial charge >= 0.3 is 5.69 Å². The summed E-state index contributed by atoms with van der Waals surface area (Å²) in [4.78, 5) is 24.8. The molecular formula is C16H16F2N2O5. The van der Waals surface area contributed by atoms with Crippen molar-refractivity contribution in [2.45, 2.75) is 31.5 Å². The predicted octanol–water partition coefficient (Wildman–Crippen LogP) is 0.680. The number of benzene rings is 1. The van der Waals surface area contributed by atoms with Crippen molar-refractivity contribution in [3.8, 4) is 0 Å². The van der Waals surface area contributed by atoms with E-state index in [2.05, 4.69) is 0 Å². The molecule has 1 fully saturated rings. The van der Waals surface area contributed by atoms with Crippen LogP contribution in [-0.4, -0.2) is 33.5 Å². The number of hydrogen-bond donors (Lipinski definition) is 2. The average Bonchev–Trinajstić information content (AvgIpc) is 3.00. The van der Waals surface area contributed by atoms with E-state index >= 15 is 0 Å². The Morgan fingerprint density at radius 1 is 1.28 bits per heavy atom. The third-order valence-corrected chi connectivity index (χ3v) is 3.97. The van der Waals surface area contributed by atoms with Crippen LogP contribution in [0.25, 0.3) is 0 Å². The summed E-state index contributed by atoms with van der Waals surface area (Å²) >= 11 is 0. The Labute approximate surface area is 140 Å². The zero-order valence-corrected chi connectivity index (χ0v) is 13.0. The minimum Gasteiger partial charge on any atom is -0.394 e. The second kappa shape index (κ2) is 7.26. The first-order valence-corrected chi connectivity index (χ1v) is 7.61. The molecule has 2 heterocycles. The Bertz CT molecular complexity index is 849. The first-order chi connectivity index (χ1) is 12.0. The van der Waals surface area contributed by atoms with Crippen molar-refractivity contribution in [2.75, 3.05) is 6.61 Å². The molecule has 25 heavy (non-hydrogen) atoms. The molecule has 1 aliphatic heterocycles. The number of nitrogens with zero attached hydrogens (tertiary/aromatic N) is 1. The topological polar surface area (TPSA) is 93.6 Å². The number of aromatic nitrogens is 2. The van der Waals surface area contributed by atoms with E-state index in [-0.39, 0.29) is 25.5 Å². The highest BCUT2D eigenvalue weighted by atomic mass is 19.1. The second-order valence-corrected chi connectivity index (χ2v) is 5.67. The van der Waals surface area contributed by atoms with Gasteiger partial charge in [0.2, 0.25) is 5.82 Å². The Hall–Kier alpha value is -2.36. The van der Waals surface area contributed by atoms with E-state index in [0.29, 0.717) is 0 Å². The number of aromatic amines is 1. The van der Waals surface area contributed by atoms with Crippen LogP contribution < -0.4 is 11.2 Å². The van der Waals surface area contributed by atoms with Gasteiger partial charge in [-0.05, 0) is 17.7 Å². The Morgan fingerprint density at radius 3 is 2.68 bits per heavy atom. The van der Waals surface area contributed by atoms with E-state index in [4.69, 9.17) is 9.47 Å². The van der Waals surface area contributed by atoms with Gasteiger partial charge in [0, 0.05) is 6.42 Å². The fraction of sp³-hybridized carbons (Fsp3) is 0.375. The van der Waals surface area contributed by atoms with Crippen molar-refractivity contribution >= 4 is 0 Å². The first kappa shape index (κ1) is 17.5. The third-order valence-electron chi connectivity index (χ3n) is 3.97. The van der Waals surface area contributed by atoms with Crippen LogP contribution in [-0.2, 0) is 16.1 Å². The maximum atomic E-state index is 13.4. The molecule has 1 aromatic carbocycles. The molecule has 1 aliphatic rings. The summed E-state index contributed by atoms with van der Waals surface area (Å²) in [7, 11) is 0. The van der Waals surface area contributed by atoms with Gasteiger partial charge in [0.05, 0.1) is 25.5 Å².